The first kappa shape index (κ1) is 21.7. The van der Waals surface area contributed by atoms with Gasteiger partial charge in [-0.05, 0) is 62.1 Å². The molecule has 150 valence electrons. The van der Waals surface area contributed by atoms with Gasteiger partial charge in [-0.1, -0.05) is 75.8 Å². The van der Waals surface area contributed by atoms with Crippen molar-refractivity contribution >= 4 is 11.5 Å². The van der Waals surface area contributed by atoms with E-state index in [0.29, 0.717) is 11.8 Å². The molecule has 1 aromatic rings. The lowest BCUT2D eigenvalue weighted by Crippen LogP contribution is -2.32. The Bertz CT molecular complexity index is 598. The molecule has 0 aliphatic heterocycles. The molecular formula is C25H39NO. The van der Waals surface area contributed by atoms with E-state index >= 15 is 0 Å². The molecule has 0 aromatic heterocycles. The third-order valence-corrected chi connectivity index (χ3v) is 5.93. The zero-order chi connectivity index (χ0) is 19.5. The summed E-state index contributed by atoms with van der Waals surface area (Å²) < 4.78 is 0. The third kappa shape index (κ3) is 7.52. The Labute approximate surface area is 166 Å². The highest BCUT2D eigenvalue weighted by molar-refractivity contribution is 5.78. The molecule has 2 rings (SSSR count). The normalized spacial score (nSPS) is 14.9. The van der Waals surface area contributed by atoms with Crippen molar-refractivity contribution in [1.82, 2.24) is 5.32 Å². The fraction of sp³-hybridized carbons (Fsp3) is 0.640. The fourth-order valence-corrected chi connectivity index (χ4v) is 4.22. The maximum Gasteiger partial charge on any atom is 0.223 e. The number of aryl methyl sites for hydroxylation is 2. The smallest absolute Gasteiger partial charge is 0.223 e. The molecule has 1 aliphatic carbocycles. The molecule has 1 amide bonds. The van der Waals surface area contributed by atoms with Crippen LogP contribution in [0.3, 0.4) is 0 Å². The number of amides is 1. The summed E-state index contributed by atoms with van der Waals surface area (Å²) in [7, 11) is 0. The molecule has 0 bridgehead atoms. The average Bonchev–Trinajstić information content (AvgIpc) is 2.70. The zero-order valence-electron chi connectivity index (χ0n) is 17.6. The van der Waals surface area contributed by atoms with Gasteiger partial charge in [0.1, 0.15) is 0 Å². The molecule has 1 aliphatic rings. The largest absolute Gasteiger partial charge is 0.356 e. The van der Waals surface area contributed by atoms with Crippen molar-refractivity contribution < 1.29 is 4.79 Å². The van der Waals surface area contributed by atoms with Crippen molar-refractivity contribution in [3.63, 3.8) is 0 Å². The number of benzene rings is 1. The molecule has 0 unspecified atom stereocenters. The van der Waals surface area contributed by atoms with Gasteiger partial charge in [0, 0.05) is 12.5 Å². The number of allylic oxidation sites excluding steroid dienone is 1. The van der Waals surface area contributed by atoms with Crippen LogP contribution >= 0.6 is 0 Å². The first-order chi connectivity index (χ1) is 13.1. The van der Waals surface area contributed by atoms with E-state index in [4.69, 9.17) is 0 Å². The van der Waals surface area contributed by atoms with E-state index in [1.165, 1.54) is 68.1 Å². The highest BCUT2D eigenvalue weighted by atomic mass is 16.1. The molecule has 1 saturated carbocycles. The second kappa shape index (κ2) is 12.0. The van der Waals surface area contributed by atoms with Crippen LogP contribution in [0.5, 0.6) is 0 Å². The second-order valence-corrected chi connectivity index (χ2v) is 8.27. The number of hydrogen-bond donors (Lipinski definition) is 1. The van der Waals surface area contributed by atoms with Gasteiger partial charge >= 0.3 is 0 Å². The lowest BCUT2D eigenvalue weighted by molar-refractivity contribution is -0.125. The molecule has 2 heteroatoms. The minimum Gasteiger partial charge on any atom is -0.356 e. The molecule has 0 heterocycles. The van der Waals surface area contributed by atoms with E-state index < -0.39 is 0 Å². The molecule has 2 nitrogen and oxygen atoms in total. The maximum atomic E-state index is 12.1. The Hall–Kier alpha value is -1.57. The minimum atomic E-state index is 0.294. The summed E-state index contributed by atoms with van der Waals surface area (Å²) >= 11 is 0. The molecule has 0 spiro atoms. The predicted octanol–water partition coefficient (Wildman–Crippen LogP) is 6.47. The SMILES string of the molecule is C=C(C)c1ccc(CCCCCCCNC(=O)C2CCCCC2)cc1CC. The lowest BCUT2D eigenvalue weighted by atomic mass is 9.88. The van der Waals surface area contributed by atoms with Crippen molar-refractivity contribution in [2.24, 2.45) is 5.92 Å². The summed E-state index contributed by atoms with van der Waals surface area (Å²) in [6, 6.07) is 6.88. The number of unbranched alkanes of at least 4 members (excludes halogenated alkanes) is 4. The molecule has 0 radical (unpaired) electrons. The minimum absolute atomic E-state index is 0.294. The highest BCUT2D eigenvalue weighted by Gasteiger charge is 2.20. The summed E-state index contributed by atoms with van der Waals surface area (Å²) in [5.74, 6) is 0.600. The quantitative estimate of drug-likeness (QED) is 0.445. The highest BCUT2D eigenvalue weighted by Crippen LogP contribution is 2.23. The molecule has 1 N–H and O–H groups in total. The average molecular weight is 370 g/mol. The zero-order valence-corrected chi connectivity index (χ0v) is 17.6. The van der Waals surface area contributed by atoms with Crippen LogP contribution in [0, 0.1) is 5.92 Å². The van der Waals surface area contributed by atoms with Crippen LogP contribution in [0.2, 0.25) is 0 Å². The van der Waals surface area contributed by atoms with Crippen LogP contribution in [-0.2, 0) is 17.6 Å². The van der Waals surface area contributed by atoms with Gasteiger partial charge in [0.25, 0.3) is 0 Å². The lowest BCUT2D eigenvalue weighted by Gasteiger charge is -2.20. The predicted molar refractivity (Wildman–Crippen MR) is 117 cm³/mol. The molecule has 27 heavy (non-hydrogen) atoms. The van der Waals surface area contributed by atoms with Gasteiger partial charge in [0.05, 0.1) is 0 Å². The number of hydrogen-bond acceptors (Lipinski definition) is 1. The van der Waals surface area contributed by atoms with Crippen LogP contribution < -0.4 is 5.32 Å². The molecule has 1 fully saturated rings. The first-order valence-corrected chi connectivity index (χ1v) is 11.2. The van der Waals surface area contributed by atoms with E-state index in [2.05, 4.69) is 43.9 Å². The van der Waals surface area contributed by atoms with Crippen molar-refractivity contribution in [2.45, 2.75) is 90.9 Å². The Morgan fingerprint density at radius 1 is 1.07 bits per heavy atom. The van der Waals surface area contributed by atoms with Crippen molar-refractivity contribution in [1.29, 1.82) is 0 Å². The molecule has 1 aromatic carbocycles. The van der Waals surface area contributed by atoms with Gasteiger partial charge in [-0.15, -0.1) is 0 Å². The van der Waals surface area contributed by atoms with E-state index in [-0.39, 0.29) is 0 Å². The van der Waals surface area contributed by atoms with Crippen LogP contribution in [0.1, 0.15) is 94.7 Å². The van der Waals surface area contributed by atoms with Crippen LogP contribution in [0.4, 0.5) is 0 Å². The summed E-state index contributed by atoms with van der Waals surface area (Å²) in [6.45, 7) is 9.25. The topological polar surface area (TPSA) is 29.1 Å². The summed E-state index contributed by atoms with van der Waals surface area (Å²) in [6.07, 6.45) is 14.3. The van der Waals surface area contributed by atoms with Gasteiger partial charge in [0.15, 0.2) is 0 Å². The van der Waals surface area contributed by atoms with E-state index in [1.807, 2.05) is 0 Å². The van der Waals surface area contributed by atoms with Gasteiger partial charge < -0.3 is 5.32 Å². The fourth-order valence-electron chi connectivity index (χ4n) is 4.22. The van der Waals surface area contributed by atoms with E-state index in [0.717, 1.165) is 37.8 Å². The summed E-state index contributed by atoms with van der Waals surface area (Å²) in [4.78, 5) is 12.1. The Kier molecular flexibility index (Phi) is 9.66. The van der Waals surface area contributed by atoms with Gasteiger partial charge in [-0.2, -0.15) is 0 Å². The third-order valence-electron chi connectivity index (χ3n) is 5.93. The van der Waals surface area contributed by atoms with Gasteiger partial charge in [-0.25, -0.2) is 0 Å². The first-order valence-electron chi connectivity index (χ1n) is 11.2. The molecule has 0 saturated heterocycles. The number of carbonyl (C=O) groups excluding carboxylic acids is 1. The summed E-state index contributed by atoms with van der Waals surface area (Å²) in [5, 5.41) is 3.15. The summed E-state index contributed by atoms with van der Waals surface area (Å²) in [5.41, 5.74) is 5.36. The van der Waals surface area contributed by atoms with Crippen molar-refractivity contribution in [2.75, 3.05) is 6.54 Å². The van der Waals surface area contributed by atoms with E-state index in [9.17, 15) is 4.79 Å². The van der Waals surface area contributed by atoms with Crippen LogP contribution in [0.25, 0.3) is 5.57 Å². The monoisotopic (exact) mass is 369 g/mol. The van der Waals surface area contributed by atoms with Crippen LogP contribution in [0.15, 0.2) is 24.8 Å². The number of carbonyl (C=O) groups is 1. The van der Waals surface area contributed by atoms with Gasteiger partial charge in [-0.3, -0.25) is 4.79 Å². The number of rotatable bonds is 11. The Morgan fingerprint density at radius 3 is 2.48 bits per heavy atom. The Balaban J connectivity index is 1.54. The standard InChI is InChI=1S/C25H39NO/c1-4-22-19-21(16-17-24(22)20(2)3)13-9-6-5-7-12-18-26-25(27)23-14-10-8-11-15-23/h16-17,19,23H,2,4-15,18H2,1,3H3,(H,26,27). The Morgan fingerprint density at radius 2 is 1.78 bits per heavy atom. The molecular weight excluding hydrogens is 330 g/mol. The number of nitrogens with one attached hydrogen (secondary N) is 1. The maximum absolute atomic E-state index is 12.1. The van der Waals surface area contributed by atoms with E-state index in [1.54, 1.807) is 0 Å². The second-order valence-electron chi connectivity index (χ2n) is 8.27. The van der Waals surface area contributed by atoms with Crippen molar-refractivity contribution in [3.05, 3.63) is 41.5 Å². The molecule has 0 atom stereocenters. The van der Waals surface area contributed by atoms with Gasteiger partial charge in [0.2, 0.25) is 5.91 Å². The van der Waals surface area contributed by atoms with Crippen LogP contribution in [-0.4, -0.2) is 12.5 Å². The van der Waals surface area contributed by atoms with Crippen molar-refractivity contribution in [3.8, 4) is 0 Å².